The first kappa shape index (κ1) is 12.1. The quantitative estimate of drug-likeness (QED) is 0.873. The van der Waals surface area contributed by atoms with E-state index < -0.39 is 0 Å². The Labute approximate surface area is 103 Å². The topological polar surface area (TPSA) is 67.6 Å². The standard InChI is InChI=1S/C11H13FN4S/c1-7(13)5-8-3-2-4-9(12)10(8)17-11-14-6-15-16-11/h2-4,6-7H,5,13H2,1H3,(H,14,15,16). The predicted octanol–water partition coefficient (Wildman–Crippen LogP) is 1.98. The van der Waals surface area contributed by atoms with Crippen LogP contribution in [0.5, 0.6) is 0 Å². The van der Waals surface area contributed by atoms with E-state index in [1.54, 1.807) is 6.07 Å². The predicted molar refractivity (Wildman–Crippen MR) is 64.3 cm³/mol. The largest absolute Gasteiger partial charge is 0.328 e. The minimum atomic E-state index is -0.260. The second kappa shape index (κ2) is 5.29. The molecule has 4 nitrogen and oxygen atoms in total. The number of nitrogens with two attached hydrogens (primary N) is 1. The molecule has 0 aliphatic heterocycles. The molecule has 0 fully saturated rings. The van der Waals surface area contributed by atoms with Gasteiger partial charge in [-0.05, 0) is 36.7 Å². The van der Waals surface area contributed by atoms with Crippen molar-refractivity contribution in [2.45, 2.75) is 29.4 Å². The Bertz CT molecular complexity index is 484. The smallest absolute Gasteiger partial charge is 0.188 e. The Morgan fingerprint density at radius 2 is 2.35 bits per heavy atom. The molecule has 0 saturated carbocycles. The molecule has 0 saturated heterocycles. The monoisotopic (exact) mass is 252 g/mol. The number of nitrogens with one attached hydrogen (secondary N) is 1. The van der Waals surface area contributed by atoms with Gasteiger partial charge in [-0.15, -0.1) is 0 Å². The average molecular weight is 252 g/mol. The zero-order valence-corrected chi connectivity index (χ0v) is 10.2. The van der Waals surface area contributed by atoms with Gasteiger partial charge < -0.3 is 5.73 Å². The van der Waals surface area contributed by atoms with E-state index in [0.717, 1.165) is 5.56 Å². The second-order valence-electron chi connectivity index (χ2n) is 3.80. The van der Waals surface area contributed by atoms with Crippen LogP contribution in [0.1, 0.15) is 12.5 Å². The molecule has 1 heterocycles. The third-order valence-electron chi connectivity index (χ3n) is 2.18. The van der Waals surface area contributed by atoms with Gasteiger partial charge in [0.2, 0.25) is 0 Å². The summed E-state index contributed by atoms with van der Waals surface area (Å²) in [6.07, 6.45) is 2.03. The molecule has 2 aromatic rings. The van der Waals surface area contributed by atoms with Crippen molar-refractivity contribution in [1.29, 1.82) is 0 Å². The molecule has 0 spiro atoms. The maximum Gasteiger partial charge on any atom is 0.188 e. The molecule has 0 amide bonds. The van der Waals surface area contributed by atoms with Crippen LogP contribution in [0.3, 0.4) is 0 Å². The molecule has 0 bridgehead atoms. The average Bonchev–Trinajstić information content (AvgIpc) is 2.75. The Hall–Kier alpha value is -1.40. The van der Waals surface area contributed by atoms with E-state index in [9.17, 15) is 4.39 Å². The van der Waals surface area contributed by atoms with Crippen LogP contribution in [0, 0.1) is 5.82 Å². The molecular weight excluding hydrogens is 239 g/mol. The van der Waals surface area contributed by atoms with E-state index >= 15 is 0 Å². The van der Waals surface area contributed by atoms with Crippen LogP contribution >= 0.6 is 11.8 Å². The fourth-order valence-corrected chi connectivity index (χ4v) is 2.36. The lowest BCUT2D eigenvalue weighted by Gasteiger charge is -2.10. The number of aromatic amines is 1. The van der Waals surface area contributed by atoms with Gasteiger partial charge >= 0.3 is 0 Å². The number of benzene rings is 1. The first-order valence-electron chi connectivity index (χ1n) is 5.23. The number of halogens is 1. The lowest BCUT2D eigenvalue weighted by Crippen LogP contribution is -2.18. The van der Waals surface area contributed by atoms with E-state index in [-0.39, 0.29) is 11.9 Å². The third-order valence-corrected chi connectivity index (χ3v) is 3.23. The van der Waals surface area contributed by atoms with Gasteiger partial charge in [-0.25, -0.2) is 9.37 Å². The van der Waals surface area contributed by atoms with Crippen molar-refractivity contribution in [3.63, 3.8) is 0 Å². The van der Waals surface area contributed by atoms with E-state index in [1.807, 2.05) is 13.0 Å². The molecule has 1 unspecified atom stereocenters. The fraction of sp³-hybridized carbons (Fsp3) is 0.273. The van der Waals surface area contributed by atoms with Crippen LogP contribution in [0.15, 0.2) is 34.6 Å². The molecule has 2 rings (SSSR count). The first-order chi connectivity index (χ1) is 8.16. The molecule has 1 aromatic heterocycles. The number of nitrogens with zero attached hydrogens (tertiary/aromatic N) is 2. The summed E-state index contributed by atoms with van der Waals surface area (Å²) >= 11 is 1.23. The zero-order valence-electron chi connectivity index (χ0n) is 9.35. The summed E-state index contributed by atoms with van der Waals surface area (Å²) in [6.45, 7) is 1.90. The lowest BCUT2D eigenvalue weighted by atomic mass is 10.1. The van der Waals surface area contributed by atoms with E-state index in [2.05, 4.69) is 15.2 Å². The molecule has 0 aliphatic carbocycles. The van der Waals surface area contributed by atoms with Crippen LogP contribution in [0.2, 0.25) is 0 Å². The van der Waals surface area contributed by atoms with Crippen molar-refractivity contribution in [3.8, 4) is 0 Å². The lowest BCUT2D eigenvalue weighted by molar-refractivity contribution is 0.592. The molecule has 3 N–H and O–H groups in total. The number of aromatic nitrogens is 3. The minimum Gasteiger partial charge on any atom is -0.328 e. The fourth-order valence-electron chi connectivity index (χ4n) is 1.52. The van der Waals surface area contributed by atoms with Crippen molar-refractivity contribution < 1.29 is 4.39 Å². The summed E-state index contributed by atoms with van der Waals surface area (Å²) in [5, 5.41) is 7.00. The SMILES string of the molecule is CC(N)Cc1cccc(F)c1Sc1ncn[nH]1. The molecule has 1 aromatic carbocycles. The molecule has 1 atom stereocenters. The van der Waals surface area contributed by atoms with E-state index in [0.29, 0.717) is 16.5 Å². The van der Waals surface area contributed by atoms with E-state index in [4.69, 9.17) is 5.73 Å². The van der Waals surface area contributed by atoms with Gasteiger partial charge in [0.15, 0.2) is 5.16 Å². The highest BCUT2D eigenvalue weighted by molar-refractivity contribution is 7.99. The molecule has 17 heavy (non-hydrogen) atoms. The van der Waals surface area contributed by atoms with Crippen LogP contribution in [0.25, 0.3) is 0 Å². The molecule has 0 radical (unpaired) electrons. The van der Waals surface area contributed by atoms with E-state index in [1.165, 1.54) is 24.2 Å². The Balaban J connectivity index is 2.30. The van der Waals surface area contributed by atoms with Crippen molar-refractivity contribution in [1.82, 2.24) is 15.2 Å². The highest BCUT2D eigenvalue weighted by atomic mass is 32.2. The van der Waals surface area contributed by atoms with Gasteiger partial charge in [0.25, 0.3) is 0 Å². The maximum atomic E-state index is 13.8. The van der Waals surface area contributed by atoms with Gasteiger partial charge in [-0.2, -0.15) is 5.10 Å². The molecular formula is C11H13FN4S. The minimum absolute atomic E-state index is 0.00845. The first-order valence-corrected chi connectivity index (χ1v) is 6.04. The Morgan fingerprint density at radius 3 is 3.00 bits per heavy atom. The summed E-state index contributed by atoms with van der Waals surface area (Å²) in [5.74, 6) is -0.260. The summed E-state index contributed by atoms with van der Waals surface area (Å²) in [7, 11) is 0. The zero-order chi connectivity index (χ0) is 12.3. The van der Waals surface area contributed by atoms with Gasteiger partial charge in [0.1, 0.15) is 12.1 Å². The number of rotatable bonds is 4. The van der Waals surface area contributed by atoms with Gasteiger partial charge in [-0.3, -0.25) is 5.10 Å². The van der Waals surface area contributed by atoms with Crippen LogP contribution < -0.4 is 5.73 Å². The van der Waals surface area contributed by atoms with Crippen molar-refractivity contribution >= 4 is 11.8 Å². The van der Waals surface area contributed by atoms with Gasteiger partial charge in [0.05, 0.1) is 4.90 Å². The van der Waals surface area contributed by atoms with Crippen LogP contribution in [-0.4, -0.2) is 21.2 Å². The van der Waals surface area contributed by atoms with Crippen molar-refractivity contribution in [2.24, 2.45) is 5.73 Å². The van der Waals surface area contributed by atoms with Crippen molar-refractivity contribution in [2.75, 3.05) is 0 Å². The normalized spacial score (nSPS) is 12.6. The Morgan fingerprint density at radius 1 is 1.53 bits per heavy atom. The molecule has 0 aliphatic rings. The van der Waals surface area contributed by atoms with Crippen molar-refractivity contribution in [3.05, 3.63) is 35.9 Å². The summed E-state index contributed by atoms with van der Waals surface area (Å²) < 4.78 is 13.8. The third kappa shape index (κ3) is 3.04. The molecule has 6 heteroatoms. The summed E-state index contributed by atoms with van der Waals surface area (Å²) in [5.41, 5.74) is 6.64. The number of H-pyrrole nitrogens is 1. The van der Waals surface area contributed by atoms with Crippen LogP contribution in [0.4, 0.5) is 4.39 Å². The summed E-state index contributed by atoms with van der Waals surface area (Å²) in [4.78, 5) is 4.53. The van der Waals surface area contributed by atoms with Gasteiger partial charge in [0, 0.05) is 6.04 Å². The summed E-state index contributed by atoms with van der Waals surface area (Å²) in [6, 6.07) is 5.00. The highest BCUT2D eigenvalue weighted by Gasteiger charge is 2.12. The van der Waals surface area contributed by atoms with Gasteiger partial charge in [-0.1, -0.05) is 12.1 Å². The second-order valence-corrected chi connectivity index (χ2v) is 4.80. The highest BCUT2D eigenvalue weighted by Crippen LogP contribution is 2.30. The number of hydrogen-bond donors (Lipinski definition) is 2. The Kier molecular flexibility index (Phi) is 3.75. The number of hydrogen-bond acceptors (Lipinski definition) is 4. The molecule has 90 valence electrons. The maximum absolute atomic E-state index is 13.8. The van der Waals surface area contributed by atoms with Crippen LogP contribution in [-0.2, 0) is 6.42 Å².